The number of hydrogen-bond donors (Lipinski definition) is 0. The number of carbonyl (C=O) groups is 1. The molecule has 0 N–H and O–H groups in total. The predicted molar refractivity (Wildman–Crippen MR) is 119 cm³/mol. The summed E-state index contributed by atoms with van der Waals surface area (Å²) in [6, 6.07) is 0. The zero-order valence-electron chi connectivity index (χ0n) is 19.8. The predicted octanol–water partition coefficient (Wildman–Crippen LogP) is 7.26. The first-order valence-corrected chi connectivity index (χ1v) is 12.9. The van der Waals surface area contributed by atoms with Crippen molar-refractivity contribution < 1.29 is 9.53 Å². The molecule has 29 heavy (non-hydrogen) atoms. The Hall–Kier alpha value is -0.530. The van der Waals surface area contributed by atoms with E-state index in [0.717, 1.165) is 41.9 Å². The third-order valence-electron chi connectivity index (χ3n) is 10.6. The number of hydrogen-bond acceptors (Lipinski definition) is 2. The van der Waals surface area contributed by atoms with Crippen molar-refractivity contribution in [2.75, 3.05) is 6.61 Å². The first-order chi connectivity index (χ1) is 13.8. The van der Waals surface area contributed by atoms with Gasteiger partial charge in [-0.15, -0.1) is 0 Å². The molecule has 0 spiro atoms. The van der Waals surface area contributed by atoms with Crippen LogP contribution in [0.25, 0.3) is 0 Å². The molecule has 4 aliphatic rings. The van der Waals surface area contributed by atoms with Crippen molar-refractivity contribution in [2.24, 2.45) is 52.3 Å². The van der Waals surface area contributed by atoms with E-state index in [1.54, 1.807) is 0 Å². The standard InChI is InChI=1S/C27H46O2/c1-18(2)7-6-8-19(3)22-11-12-23-21-10-9-20-17-29-25(28)14-16-26(20,4)24(21)13-15-27(22,23)5/h18-24H,6-17H2,1-5H3/t19-,20+,21+,22-,23+,24+,26+,27-/m1/s1. The van der Waals surface area contributed by atoms with Gasteiger partial charge in [0.05, 0.1) is 6.61 Å². The molecule has 0 aromatic rings. The fourth-order valence-electron chi connectivity index (χ4n) is 8.86. The third-order valence-corrected chi connectivity index (χ3v) is 10.6. The van der Waals surface area contributed by atoms with Gasteiger partial charge in [0.2, 0.25) is 0 Å². The number of esters is 1. The largest absolute Gasteiger partial charge is 0.465 e. The molecule has 1 aliphatic heterocycles. The van der Waals surface area contributed by atoms with E-state index in [0.29, 0.717) is 29.8 Å². The first kappa shape index (κ1) is 21.7. The fraction of sp³-hybridized carbons (Fsp3) is 0.963. The number of cyclic esters (lactones) is 1. The second kappa shape index (κ2) is 8.19. The Bertz CT molecular complexity index is 597. The van der Waals surface area contributed by atoms with Gasteiger partial charge in [-0.05, 0) is 97.2 Å². The highest BCUT2D eigenvalue weighted by Crippen LogP contribution is 2.67. The summed E-state index contributed by atoms with van der Waals surface area (Å²) in [5, 5.41) is 0. The van der Waals surface area contributed by atoms with E-state index in [1.165, 1.54) is 57.8 Å². The minimum Gasteiger partial charge on any atom is -0.465 e. The van der Waals surface area contributed by atoms with Crippen molar-refractivity contribution in [1.82, 2.24) is 0 Å². The summed E-state index contributed by atoms with van der Waals surface area (Å²) >= 11 is 0. The van der Waals surface area contributed by atoms with Gasteiger partial charge >= 0.3 is 5.97 Å². The lowest BCUT2D eigenvalue weighted by Crippen LogP contribution is -2.52. The number of carbonyl (C=O) groups excluding carboxylic acids is 1. The Morgan fingerprint density at radius 1 is 0.931 bits per heavy atom. The van der Waals surface area contributed by atoms with Crippen LogP contribution in [0.4, 0.5) is 0 Å². The van der Waals surface area contributed by atoms with Crippen molar-refractivity contribution in [3.8, 4) is 0 Å². The fourth-order valence-corrected chi connectivity index (χ4v) is 8.86. The smallest absolute Gasteiger partial charge is 0.305 e. The molecule has 3 saturated carbocycles. The highest BCUT2D eigenvalue weighted by atomic mass is 16.5. The maximum absolute atomic E-state index is 12.0. The third kappa shape index (κ3) is 3.80. The van der Waals surface area contributed by atoms with Gasteiger partial charge in [-0.3, -0.25) is 4.79 Å². The Balaban J connectivity index is 1.48. The molecule has 4 fully saturated rings. The maximum Gasteiger partial charge on any atom is 0.305 e. The molecular weight excluding hydrogens is 356 g/mol. The second-order valence-electron chi connectivity index (χ2n) is 12.4. The molecule has 0 amide bonds. The zero-order chi connectivity index (χ0) is 20.8. The van der Waals surface area contributed by atoms with Crippen LogP contribution in [0, 0.1) is 52.3 Å². The van der Waals surface area contributed by atoms with Gasteiger partial charge in [0, 0.05) is 6.42 Å². The van der Waals surface area contributed by atoms with Crippen LogP contribution in [0.3, 0.4) is 0 Å². The van der Waals surface area contributed by atoms with E-state index < -0.39 is 0 Å². The average Bonchev–Trinajstić information content (AvgIpc) is 2.94. The molecule has 8 atom stereocenters. The van der Waals surface area contributed by atoms with Crippen molar-refractivity contribution in [3.63, 3.8) is 0 Å². The minimum atomic E-state index is 0.0500. The highest BCUT2D eigenvalue weighted by molar-refractivity contribution is 5.69. The Morgan fingerprint density at radius 3 is 2.45 bits per heavy atom. The van der Waals surface area contributed by atoms with Crippen LogP contribution in [0.15, 0.2) is 0 Å². The van der Waals surface area contributed by atoms with Crippen LogP contribution >= 0.6 is 0 Å². The van der Waals surface area contributed by atoms with Gasteiger partial charge in [0.1, 0.15) is 0 Å². The molecule has 2 nitrogen and oxygen atoms in total. The highest BCUT2D eigenvalue weighted by Gasteiger charge is 2.60. The van der Waals surface area contributed by atoms with Gasteiger partial charge in [0.25, 0.3) is 0 Å². The van der Waals surface area contributed by atoms with E-state index in [1.807, 2.05) is 0 Å². The average molecular weight is 403 g/mol. The molecule has 0 aromatic carbocycles. The summed E-state index contributed by atoms with van der Waals surface area (Å²) < 4.78 is 5.59. The maximum atomic E-state index is 12.0. The molecule has 0 aromatic heterocycles. The SMILES string of the molecule is CC(C)CCC[C@@H](C)[C@H]1CC[C@H]2[C@@H]3CC[C@H]4COC(=O)CC[C@]4(C)[C@H]3CC[C@]12C. The van der Waals surface area contributed by atoms with Crippen LogP contribution in [0.1, 0.15) is 105 Å². The van der Waals surface area contributed by atoms with Crippen molar-refractivity contribution in [1.29, 1.82) is 0 Å². The van der Waals surface area contributed by atoms with Gasteiger partial charge in [-0.1, -0.05) is 53.9 Å². The van der Waals surface area contributed by atoms with Gasteiger partial charge in [0.15, 0.2) is 0 Å². The number of ether oxygens (including phenoxy) is 1. The Morgan fingerprint density at radius 2 is 1.69 bits per heavy atom. The van der Waals surface area contributed by atoms with Crippen LogP contribution < -0.4 is 0 Å². The number of rotatable bonds is 5. The van der Waals surface area contributed by atoms with Crippen LogP contribution in [0.2, 0.25) is 0 Å². The molecule has 4 rings (SSSR count). The van der Waals surface area contributed by atoms with E-state index in [4.69, 9.17) is 4.74 Å². The molecule has 0 radical (unpaired) electrons. The molecule has 0 bridgehead atoms. The summed E-state index contributed by atoms with van der Waals surface area (Å²) in [7, 11) is 0. The van der Waals surface area contributed by atoms with Crippen LogP contribution in [0.5, 0.6) is 0 Å². The van der Waals surface area contributed by atoms with E-state index >= 15 is 0 Å². The zero-order valence-corrected chi connectivity index (χ0v) is 19.8. The van der Waals surface area contributed by atoms with Crippen LogP contribution in [-0.2, 0) is 9.53 Å². The summed E-state index contributed by atoms with van der Waals surface area (Å²) in [5.74, 6) is 5.97. The monoisotopic (exact) mass is 402 g/mol. The lowest BCUT2D eigenvalue weighted by Gasteiger charge is -2.59. The van der Waals surface area contributed by atoms with Crippen molar-refractivity contribution in [3.05, 3.63) is 0 Å². The summed E-state index contributed by atoms with van der Waals surface area (Å²) in [6.45, 7) is 13.2. The number of fused-ring (bicyclic) bond motifs is 5. The molecule has 1 saturated heterocycles. The van der Waals surface area contributed by atoms with E-state index in [9.17, 15) is 4.79 Å². The van der Waals surface area contributed by atoms with Crippen LogP contribution in [-0.4, -0.2) is 12.6 Å². The van der Waals surface area contributed by atoms with Gasteiger partial charge in [-0.25, -0.2) is 0 Å². The minimum absolute atomic E-state index is 0.0500. The topological polar surface area (TPSA) is 26.3 Å². The normalized spacial score (nSPS) is 45.7. The first-order valence-electron chi connectivity index (χ1n) is 12.9. The lowest BCUT2D eigenvalue weighted by molar-refractivity contribution is -0.144. The molecule has 3 aliphatic carbocycles. The summed E-state index contributed by atoms with van der Waals surface area (Å²) in [5.41, 5.74) is 0.899. The Kier molecular flexibility index (Phi) is 6.13. The van der Waals surface area contributed by atoms with Gasteiger partial charge < -0.3 is 4.74 Å². The van der Waals surface area contributed by atoms with E-state index in [-0.39, 0.29) is 5.97 Å². The van der Waals surface area contributed by atoms with Crippen molar-refractivity contribution >= 4 is 5.97 Å². The quantitative estimate of drug-likeness (QED) is 0.452. The van der Waals surface area contributed by atoms with Crippen molar-refractivity contribution in [2.45, 2.75) is 105 Å². The molecule has 0 unspecified atom stereocenters. The molecule has 166 valence electrons. The van der Waals surface area contributed by atoms with Gasteiger partial charge in [-0.2, -0.15) is 0 Å². The van der Waals surface area contributed by atoms with E-state index in [2.05, 4.69) is 34.6 Å². The lowest BCUT2D eigenvalue weighted by atomic mass is 9.46. The molecule has 1 heterocycles. The molecule has 2 heteroatoms. The summed E-state index contributed by atoms with van der Waals surface area (Å²) in [4.78, 5) is 12.0. The summed E-state index contributed by atoms with van der Waals surface area (Å²) in [6.07, 6.45) is 14.4. The Labute approximate surface area is 179 Å². The second-order valence-corrected chi connectivity index (χ2v) is 12.4. The molecular formula is C27H46O2.